The fourth-order valence-electron chi connectivity index (χ4n) is 2.65. The highest BCUT2D eigenvalue weighted by molar-refractivity contribution is 5.38. The fraction of sp³-hybridized carbons (Fsp3) is 0.500. The van der Waals surface area contributed by atoms with Crippen LogP contribution in [0.3, 0.4) is 0 Å². The molecule has 17 heavy (non-hydrogen) atoms. The topological polar surface area (TPSA) is 42.2 Å². The first-order valence-corrected chi connectivity index (χ1v) is 5.86. The van der Waals surface area contributed by atoms with E-state index >= 15 is 0 Å². The van der Waals surface area contributed by atoms with E-state index in [1.165, 1.54) is 11.1 Å². The molecule has 1 aromatic rings. The second kappa shape index (κ2) is 3.56. The molecule has 3 heteroatoms. The van der Waals surface area contributed by atoms with Crippen LogP contribution in [0.4, 0.5) is 0 Å². The Bertz CT molecular complexity index is 464. The Balaban J connectivity index is 2.03. The van der Waals surface area contributed by atoms with E-state index in [2.05, 4.69) is 37.3 Å². The van der Waals surface area contributed by atoms with E-state index in [9.17, 15) is 5.26 Å². The van der Waals surface area contributed by atoms with E-state index in [4.69, 9.17) is 9.47 Å². The van der Waals surface area contributed by atoms with Gasteiger partial charge in [0.05, 0.1) is 37.9 Å². The largest absolute Gasteiger partial charge is 0.379 e. The van der Waals surface area contributed by atoms with Gasteiger partial charge >= 0.3 is 0 Å². The molecule has 0 bridgehead atoms. The second-order valence-corrected chi connectivity index (χ2v) is 5.13. The predicted molar refractivity (Wildman–Crippen MR) is 62.5 cm³/mol. The monoisotopic (exact) mass is 229 g/mol. The second-order valence-electron chi connectivity index (χ2n) is 5.13. The molecule has 3 nitrogen and oxygen atoms in total. The van der Waals surface area contributed by atoms with Crippen molar-refractivity contribution in [3.63, 3.8) is 0 Å². The standard InChI is InChI=1S/C14H15NO2/c1-11-2-4-12(5-3-11)14(9-17-10-14)13(6-15)7-16-8-13/h2-5H,7-10H2,1H3. The number of hydrogen-bond acceptors (Lipinski definition) is 3. The van der Waals surface area contributed by atoms with Crippen molar-refractivity contribution in [2.75, 3.05) is 26.4 Å². The smallest absolute Gasteiger partial charge is 0.118 e. The number of ether oxygens (including phenoxy) is 2. The van der Waals surface area contributed by atoms with E-state index in [-0.39, 0.29) is 10.8 Å². The first-order chi connectivity index (χ1) is 8.22. The summed E-state index contributed by atoms with van der Waals surface area (Å²) >= 11 is 0. The number of nitriles is 1. The Morgan fingerprint density at radius 3 is 2.00 bits per heavy atom. The highest BCUT2D eigenvalue weighted by atomic mass is 16.5. The number of aryl methyl sites for hydroxylation is 1. The van der Waals surface area contributed by atoms with Crippen LogP contribution < -0.4 is 0 Å². The van der Waals surface area contributed by atoms with Gasteiger partial charge in [-0.25, -0.2) is 0 Å². The van der Waals surface area contributed by atoms with Gasteiger partial charge in [-0.3, -0.25) is 0 Å². The van der Waals surface area contributed by atoms with Crippen LogP contribution in [0.1, 0.15) is 11.1 Å². The summed E-state index contributed by atoms with van der Waals surface area (Å²) in [6.07, 6.45) is 0. The number of nitrogens with zero attached hydrogens (tertiary/aromatic N) is 1. The van der Waals surface area contributed by atoms with E-state index < -0.39 is 0 Å². The number of benzene rings is 1. The lowest BCUT2D eigenvalue weighted by molar-refractivity contribution is -0.201. The summed E-state index contributed by atoms with van der Waals surface area (Å²) in [6, 6.07) is 10.9. The molecule has 2 fully saturated rings. The molecule has 2 aliphatic heterocycles. The Labute approximate surface area is 101 Å². The lowest BCUT2D eigenvalue weighted by Crippen LogP contribution is -2.66. The van der Waals surface area contributed by atoms with E-state index in [1.54, 1.807) is 0 Å². The van der Waals surface area contributed by atoms with E-state index in [1.807, 2.05) is 0 Å². The summed E-state index contributed by atoms with van der Waals surface area (Å²) in [6.45, 7) is 4.39. The zero-order valence-electron chi connectivity index (χ0n) is 9.90. The highest BCUT2D eigenvalue weighted by Crippen LogP contribution is 2.51. The van der Waals surface area contributed by atoms with Gasteiger partial charge in [-0.05, 0) is 12.5 Å². The first-order valence-electron chi connectivity index (χ1n) is 5.86. The van der Waals surface area contributed by atoms with Gasteiger partial charge in [0.1, 0.15) is 5.41 Å². The van der Waals surface area contributed by atoms with Crippen LogP contribution in [0.5, 0.6) is 0 Å². The SMILES string of the molecule is Cc1ccc(C2(C3(C#N)COC3)COC2)cc1. The molecule has 0 spiro atoms. The summed E-state index contributed by atoms with van der Waals surface area (Å²) in [5.41, 5.74) is 1.90. The van der Waals surface area contributed by atoms with Crippen molar-refractivity contribution in [3.05, 3.63) is 35.4 Å². The number of hydrogen-bond donors (Lipinski definition) is 0. The van der Waals surface area contributed by atoms with Crippen molar-refractivity contribution in [2.24, 2.45) is 5.41 Å². The van der Waals surface area contributed by atoms with Crippen LogP contribution in [0.15, 0.2) is 24.3 Å². The van der Waals surface area contributed by atoms with Gasteiger partial charge in [-0.2, -0.15) is 5.26 Å². The Kier molecular flexibility index (Phi) is 2.25. The van der Waals surface area contributed by atoms with Crippen LogP contribution in [-0.4, -0.2) is 26.4 Å². The molecule has 0 aliphatic carbocycles. The maximum atomic E-state index is 9.47. The molecular formula is C14H15NO2. The summed E-state index contributed by atoms with van der Waals surface area (Å²) in [5.74, 6) is 0. The minimum Gasteiger partial charge on any atom is -0.379 e. The van der Waals surface area contributed by atoms with Crippen molar-refractivity contribution in [1.29, 1.82) is 5.26 Å². The van der Waals surface area contributed by atoms with Crippen molar-refractivity contribution >= 4 is 0 Å². The first kappa shape index (κ1) is 10.8. The van der Waals surface area contributed by atoms with Gasteiger partial charge in [-0.1, -0.05) is 29.8 Å². The van der Waals surface area contributed by atoms with Crippen LogP contribution in [0.2, 0.25) is 0 Å². The van der Waals surface area contributed by atoms with Crippen molar-refractivity contribution < 1.29 is 9.47 Å². The van der Waals surface area contributed by atoms with Crippen LogP contribution >= 0.6 is 0 Å². The maximum Gasteiger partial charge on any atom is 0.118 e. The van der Waals surface area contributed by atoms with Gasteiger partial charge in [0.2, 0.25) is 0 Å². The minimum absolute atomic E-state index is 0.159. The lowest BCUT2D eigenvalue weighted by Gasteiger charge is -2.55. The molecule has 0 radical (unpaired) electrons. The summed E-state index contributed by atoms with van der Waals surface area (Å²) in [4.78, 5) is 0. The van der Waals surface area contributed by atoms with Crippen molar-refractivity contribution in [2.45, 2.75) is 12.3 Å². The minimum atomic E-state index is -0.388. The van der Waals surface area contributed by atoms with E-state index in [0.717, 1.165) is 0 Å². The summed E-state index contributed by atoms with van der Waals surface area (Å²) in [5, 5.41) is 9.47. The molecule has 0 unspecified atom stereocenters. The maximum absolute atomic E-state index is 9.47. The van der Waals surface area contributed by atoms with Gasteiger partial charge in [0.25, 0.3) is 0 Å². The zero-order valence-corrected chi connectivity index (χ0v) is 9.90. The zero-order chi connectivity index (χ0) is 11.9. The third-order valence-electron chi connectivity index (χ3n) is 4.13. The summed E-state index contributed by atoms with van der Waals surface area (Å²) < 4.78 is 10.7. The van der Waals surface area contributed by atoms with Gasteiger partial charge in [0.15, 0.2) is 0 Å². The Morgan fingerprint density at radius 1 is 1.06 bits per heavy atom. The molecule has 0 amide bonds. The van der Waals surface area contributed by atoms with Crippen LogP contribution in [-0.2, 0) is 14.9 Å². The Morgan fingerprint density at radius 2 is 1.65 bits per heavy atom. The fourth-order valence-corrected chi connectivity index (χ4v) is 2.65. The molecule has 2 saturated heterocycles. The molecule has 2 aliphatic rings. The molecule has 0 N–H and O–H groups in total. The molecule has 0 aromatic heterocycles. The molecule has 3 rings (SSSR count). The van der Waals surface area contributed by atoms with Crippen molar-refractivity contribution in [1.82, 2.24) is 0 Å². The molecule has 0 atom stereocenters. The molecule has 1 aromatic carbocycles. The summed E-state index contributed by atoms with van der Waals surface area (Å²) in [7, 11) is 0. The lowest BCUT2D eigenvalue weighted by atomic mass is 9.58. The van der Waals surface area contributed by atoms with Gasteiger partial charge in [-0.15, -0.1) is 0 Å². The third-order valence-corrected chi connectivity index (χ3v) is 4.13. The molecule has 2 heterocycles. The van der Waals surface area contributed by atoms with Crippen molar-refractivity contribution in [3.8, 4) is 6.07 Å². The van der Waals surface area contributed by atoms with Crippen LogP contribution in [0.25, 0.3) is 0 Å². The molecule has 0 saturated carbocycles. The average molecular weight is 229 g/mol. The third kappa shape index (κ3) is 1.28. The molecule has 88 valence electrons. The molecular weight excluding hydrogens is 214 g/mol. The van der Waals surface area contributed by atoms with Gasteiger partial charge < -0.3 is 9.47 Å². The Hall–Kier alpha value is -1.37. The van der Waals surface area contributed by atoms with E-state index in [0.29, 0.717) is 26.4 Å². The normalized spacial score (nSPS) is 24.2. The highest BCUT2D eigenvalue weighted by Gasteiger charge is 2.61. The average Bonchev–Trinajstić information content (AvgIpc) is 2.22. The van der Waals surface area contributed by atoms with Crippen LogP contribution in [0, 0.1) is 23.7 Å². The quantitative estimate of drug-likeness (QED) is 0.776. The predicted octanol–water partition coefficient (Wildman–Crippen LogP) is 1.80. The number of rotatable bonds is 2. The van der Waals surface area contributed by atoms with Gasteiger partial charge in [0, 0.05) is 0 Å².